The fraction of sp³-hybridized carbons (Fsp3) is 0.464. The zero-order chi connectivity index (χ0) is 39.8. The Morgan fingerprint density at radius 2 is 1.29 bits per heavy atom. The summed E-state index contributed by atoms with van der Waals surface area (Å²) in [6.45, 7) is 0. The molecule has 17 nitrogen and oxygen atoms in total. The van der Waals surface area contributed by atoms with Gasteiger partial charge in [0.2, 0.25) is 0 Å². The zero-order valence-corrected chi connectivity index (χ0v) is 38.7. The molecule has 3 N–H and O–H groups in total. The van der Waals surface area contributed by atoms with E-state index in [-0.39, 0.29) is 64.5 Å². The van der Waals surface area contributed by atoms with Crippen molar-refractivity contribution in [3.63, 3.8) is 0 Å². The van der Waals surface area contributed by atoms with E-state index in [2.05, 4.69) is 0 Å². The van der Waals surface area contributed by atoms with Crippen molar-refractivity contribution in [3.05, 3.63) is 66.1 Å². The summed E-state index contributed by atoms with van der Waals surface area (Å²) in [7, 11) is -24.9. The van der Waals surface area contributed by atoms with Crippen molar-refractivity contribution in [1.29, 1.82) is 0 Å². The van der Waals surface area contributed by atoms with Gasteiger partial charge in [-0.1, -0.05) is 18.2 Å². The van der Waals surface area contributed by atoms with Crippen molar-refractivity contribution in [2.45, 2.75) is 33.8 Å². The molecule has 3 aromatic rings. The molecule has 1 aliphatic rings. The molecule has 0 bridgehead atoms. The van der Waals surface area contributed by atoms with Crippen molar-refractivity contribution in [3.8, 4) is 0 Å². The Morgan fingerprint density at radius 1 is 0.764 bits per heavy atom. The van der Waals surface area contributed by atoms with Gasteiger partial charge in [-0.15, -0.1) is 0 Å². The van der Waals surface area contributed by atoms with Crippen molar-refractivity contribution >= 4 is 90.7 Å². The van der Waals surface area contributed by atoms with Gasteiger partial charge in [-0.2, -0.15) is 40.4 Å². The standard InChI is InChI=1S/C28H34FNO16S7.2Na/c29-19-7-6-18-12-27(30(24(18)13-19)53(45,46)21-4-2-1-3-5-21)28(32)22(25(16-51(39,40)41)47-8-10-49(33,34)35)14-20(31)15-23(28)26(17-52(42,43)44)48-9-11-50(36,37)38;;/h1-7,12-13,22-23,25-26,32H,8-11,14-17H2,(H,33,34,35)(H,36,37,38)(H,39,40,41)(H,42,43,44);;/q;2*+1/p-2. The van der Waals surface area contributed by atoms with Crippen LogP contribution in [0, 0.1) is 17.7 Å². The number of fused-ring (bicyclic) bond motifs is 1. The van der Waals surface area contributed by atoms with E-state index in [1.807, 2.05) is 0 Å². The molecule has 0 amide bonds. The molecule has 1 saturated carbocycles. The number of benzene rings is 2. The summed E-state index contributed by atoms with van der Waals surface area (Å²) >= 11 is 0.803. The minimum atomic E-state index is -5.33. The molecule has 27 heteroatoms. The number of hydrogen-bond donors (Lipinski definition) is 3. The smallest absolute Gasteiger partial charge is 0.748 e. The molecule has 0 aliphatic heterocycles. The average Bonchev–Trinajstić information content (AvgIpc) is 3.39. The number of nitrogens with zero attached hydrogens (tertiary/aromatic N) is 1. The van der Waals surface area contributed by atoms with Crippen LogP contribution in [-0.4, -0.2) is 120 Å². The number of halogens is 1. The van der Waals surface area contributed by atoms with Crippen molar-refractivity contribution in [2.24, 2.45) is 11.8 Å². The number of aliphatic hydroxyl groups is 1. The number of thioether (sulfide) groups is 2. The second-order valence-corrected chi connectivity index (χ2v) is 22.7. The van der Waals surface area contributed by atoms with E-state index in [9.17, 15) is 74.6 Å². The SMILES string of the molecule is O=C1CC(C(CS(=O)(=O)[O-])SCCS(=O)(=O)[O-])C(O)(c2cc3ccc(F)cc3n2S(=O)(=O)c2ccccc2)C(C(CS(=O)(=O)O)SCCS(=O)(=O)O)C1.[Na+].[Na+]. The van der Waals surface area contributed by atoms with Gasteiger partial charge in [0.1, 0.15) is 17.2 Å². The van der Waals surface area contributed by atoms with Gasteiger partial charge in [-0.05, 0) is 36.4 Å². The molecular formula is C28H32FNNa2O16S7. The van der Waals surface area contributed by atoms with Gasteiger partial charge in [0.15, 0.2) is 0 Å². The average molecular weight is 928 g/mol. The Kier molecular flexibility index (Phi) is 18.0. The monoisotopic (exact) mass is 927 g/mol. The summed E-state index contributed by atoms with van der Waals surface area (Å²) in [5, 5.41) is 9.63. The number of Topliss-reactive ketones (excluding diaryl/α,β-unsaturated/α-hetero) is 1. The molecule has 2 aromatic carbocycles. The first-order chi connectivity index (χ1) is 24.2. The number of carbonyl (C=O) groups excluding carboxylic acids is 1. The normalized spacial score (nSPS) is 21.0. The van der Waals surface area contributed by atoms with Crippen LogP contribution in [-0.2, 0) is 60.9 Å². The molecule has 1 aliphatic carbocycles. The fourth-order valence-corrected chi connectivity index (χ4v) is 15.1. The first kappa shape index (κ1) is 51.0. The third-order valence-electron chi connectivity index (χ3n) is 8.42. The van der Waals surface area contributed by atoms with Crippen LogP contribution in [0.1, 0.15) is 18.5 Å². The number of carbonyl (C=O) groups is 1. The summed E-state index contributed by atoms with van der Waals surface area (Å²) in [6.07, 6.45) is -1.65. The summed E-state index contributed by atoms with van der Waals surface area (Å²) in [4.78, 5) is 13.1. The maximum absolute atomic E-state index is 14.8. The summed E-state index contributed by atoms with van der Waals surface area (Å²) in [6, 6.07) is 10.3. The maximum atomic E-state index is 14.8. The van der Waals surface area contributed by atoms with Crippen LogP contribution < -0.4 is 59.1 Å². The minimum Gasteiger partial charge on any atom is -0.748 e. The number of aromatic nitrogens is 1. The van der Waals surface area contributed by atoms with E-state index in [1.165, 1.54) is 18.2 Å². The number of hydrogen-bond acceptors (Lipinski definition) is 16. The maximum Gasteiger partial charge on any atom is 1.00 e. The van der Waals surface area contributed by atoms with Crippen molar-refractivity contribution in [2.75, 3.05) is 34.5 Å². The van der Waals surface area contributed by atoms with Crippen molar-refractivity contribution < 1.29 is 134 Å². The van der Waals surface area contributed by atoms with Crippen LogP contribution in [0.5, 0.6) is 0 Å². The van der Waals surface area contributed by atoms with E-state index in [1.54, 1.807) is 0 Å². The van der Waals surface area contributed by atoms with Crippen LogP contribution >= 0.6 is 23.5 Å². The molecule has 1 aromatic heterocycles. The van der Waals surface area contributed by atoms with Gasteiger partial charge in [-0.25, -0.2) is 33.6 Å². The fourth-order valence-electron chi connectivity index (χ4n) is 6.33. The molecule has 4 rings (SSSR count). The minimum absolute atomic E-state index is 0. The summed E-state index contributed by atoms with van der Waals surface area (Å²) < 4.78 is 182. The number of rotatable bonds is 17. The second-order valence-electron chi connectivity index (χ2n) is 12.1. The Bertz CT molecular complexity index is 2330. The van der Waals surface area contributed by atoms with Crippen molar-refractivity contribution in [1.82, 2.24) is 3.97 Å². The third kappa shape index (κ3) is 13.7. The molecule has 1 heterocycles. The summed E-state index contributed by atoms with van der Waals surface area (Å²) in [5.74, 6) is -11.7. The van der Waals surface area contributed by atoms with E-state index in [4.69, 9.17) is 0 Å². The molecule has 5 unspecified atom stereocenters. The molecule has 0 spiro atoms. The molecule has 296 valence electrons. The first-order valence-electron chi connectivity index (χ1n) is 15.1. The van der Waals surface area contributed by atoms with E-state index >= 15 is 0 Å². The Morgan fingerprint density at radius 3 is 1.78 bits per heavy atom. The predicted octanol–water partition coefficient (Wildman–Crippen LogP) is -5.12. The van der Waals surface area contributed by atoms with Gasteiger partial charge < -0.3 is 14.2 Å². The number of ketones is 1. The third-order valence-corrected chi connectivity index (χ3v) is 16.8. The van der Waals surface area contributed by atoms with Gasteiger partial charge in [0, 0.05) is 57.8 Å². The van der Waals surface area contributed by atoms with Gasteiger partial charge in [0.25, 0.3) is 30.3 Å². The Labute approximate surface area is 370 Å². The van der Waals surface area contributed by atoms with Crippen LogP contribution in [0.25, 0.3) is 10.9 Å². The quantitative estimate of drug-likeness (QED) is 0.0843. The largest absolute Gasteiger partial charge is 1.00 e. The van der Waals surface area contributed by atoms with Gasteiger partial charge >= 0.3 is 59.1 Å². The van der Waals surface area contributed by atoms with Gasteiger partial charge in [-0.3, -0.25) is 13.9 Å². The zero-order valence-electron chi connectivity index (χ0n) is 29.0. The molecular weight excluding hydrogens is 896 g/mol. The predicted molar refractivity (Wildman–Crippen MR) is 190 cm³/mol. The van der Waals surface area contributed by atoms with Crippen LogP contribution in [0.15, 0.2) is 59.5 Å². The van der Waals surface area contributed by atoms with E-state index in [0.29, 0.717) is 27.5 Å². The molecule has 0 radical (unpaired) electrons. The Balaban J connectivity index is 0.00000523. The first-order valence-corrected chi connectivity index (χ1v) is 25.0. The van der Waals surface area contributed by atoms with E-state index < -0.39 is 153 Å². The van der Waals surface area contributed by atoms with Crippen LogP contribution in [0.4, 0.5) is 4.39 Å². The van der Waals surface area contributed by atoms with E-state index in [0.717, 1.165) is 36.4 Å². The topological polar surface area (TPSA) is 300 Å². The summed E-state index contributed by atoms with van der Waals surface area (Å²) in [5.41, 5.74) is -4.04. The molecule has 1 fully saturated rings. The van der Waals surface area contributed by atoms with Crippen LogP contribution in [0.2, 0.25) is 0 Å². The molecule has 5 atom stereocenters. The molecule has 55 heavy (non-hydrogen) atoms. The van der Waals surface area contributed by atoms with Crippen LogP contribution in [0.3, 0.4) is 0 Å². The Hall–Kier alpha value is -0.170. The van der Waals surface area contributed by atoms with Gasteiger partial charge in [0.05, 0.1) is 53.6 Å². The second kappa shape index (κ2) is 19.5. The molecule has 0 saturated heterocycles.